The summed E-state index contributed by atoms with van der Waals surface area (Å²) >= 11 is 17.7. The third-order valence-corrected chi connectivity index (χ3v) is 13.0. The minimum Gasteiger partial charge on any atom is -0.493 e. The number of carboxylic acids is 1. The second kappa shape index (κ2) is 41.8. The van der Waals surface area contributed by atoms with Gasteiger partial charge in [0.2, 0.25) is 0 Å². The zero-order chi connectivity index (χ0) is 68.7. The van der Waals surface area contributed by atoms with E-state index in [1.54, 1.807) is 182 Å². The maximum atomic E-state index is 12.0. The standard InChI is InChI=1S/C19H20ClNO4.2C18H18ClNO4.C16H15NO5/c1-2-3-11-24-19(23)14-7-6-8-15(12-14)21-18(22)13-25-17-10-5-4-9-16(17)20;1-2-10-23-18(22)13-6-5-7-14(11-13)20-17(21)12-24-16-9-4-3-8-15(16)19;1-2-10-23-18(22)13-4-3-5-15(11-13)20-17(21)12-24-16-8-6-14(19)7-9-16;1-21-13-7-2-3-8-14(13)22-10-15(18)17-12-6-4-5-11(9-12)16(19)20/h4-10,12H,2-3,11,13H2,1H3,(H,21,22);2*3-9,11H,2,10,12H2,1H3,(H,20,21);2-9H,10H2,1H3,(H,17,18)(H,19,20). The van der Waals surface area contributed by atoms with Crippen molar-refractivity contribution in [1.82, 2.24) is 0 Å². The zero-order valence-electron chi connectivity index (χ0n) is 52.4. The number of amides is 4. The summed E-state index contributed by atoms with van der Waals surface area (Å²) in [6.45, 7) is 6.25. The molecule has 4 amide bonds. The van der Waals surface area contributed by atoms with Gasteiger partial charge in [0.15, 0.2) is 37.9 Å². The molecule has 0 saturated carbocycles. The molecular formula is C71H71Cl3N4O17. The number of benzene rings is 8. The molecule has 0 aliphatic heterocycles. The molecule has 8 aromatic carbocycles. The Hall–Kier alpha value is -10.6. The van der Waals surface area contributed by atoms with Crippen LogP contribution in [0.15, 0.2) is 194 Å². The summed E-state index contributed by atoms with van der Waals surface area (Å²) in [7, 11) is 1.51. The van der Waals surface area contributed by atoms with Gasteiger partial charge in [0.05, 0.1) is 59.2 Å². The number of carbonyl (C=O) groups is 8. The number of nitrogens with one attached hydrogen (secondary N) is 4. The summed E-state index contributed by atoms with van der Waals surface area (Å²) in [5.41, 5.74) is 3.16. The molecule has 0 spiro atoms. The van der Waals surface area contributed by atoms with E-state index in [1.165, 1.54) is 19.2 Å². The van der Waals surface area contributed by atoms with Crippen molar-refractivity contribution in [2.45, 2.75) is 46.5 Å². The number of methoxy groups -OCH3 is 1. The maximum absolute atomic E-state index is 12.0. The minimum atomic E-state index is -1.05. The highest BCUT2D eigenvalue weighted by Gasteiger charge is 2.15. The van der Waals surface area contributed by atoms with E-state index in [1.807, 2.05) is 20.8 Å². The Morgan fingerprint density at radius 1 is 0.368 bits per heavy atom. The first kappa shape index (κ1) is 75.1. The molecule has 8 rings (SSSR count). The smallest absolute Gasteiger partial charge is 0.338 e. The number of unbranched alkanes of at least 4 members (excludes halogenated alkanes) is 1. The van der Waals surface area contributed by atoms with Crippen molar-refractivity contribution in [3.63, 3.8) is 0 Å². The second-order valence-electron chi connectivity index (χ2n) is 19.7. The van der Waals surface area contributed by atoms with Crippen molar-refractivity contribution >= 4 is 105 Å². The third kappa shape index (κ3) is 28.4. The molecule has 8 aromatic rings. The topological polar surface area (TPSA) is 279 Å². The predicted molar refractivity (Wildman–Crippen MR) is 363 cm³/mol. The van der Waals surface area contributed by atoms with Gasteiger partial charge in [-0.2, -0.15) is 0 Å². The number of rotatable bonds is 28. The fourth-order valence-electron chi connectivity index (χ4n) is 7.61. The lowest BCUT2D eigenvalue weighted by molar-refractivity contribution is -0.118. The Morgan fingerprint density at radius 2 is 0.705 bits per heavy atom. The molecule has 0 aliphatic carbocycles. The number of hydrogen-bond donors (Lipinski definition) is 5. The van der Waals surface area contributed by atoms with Crippen LogP contribution in [-0.2, 0) is 33.4 Å². The van der Waals surface area contributed by atoms with Gasteiger partial charge in [0.25, 0.3) is 23.6 Å². The highest BCUT2D eigenvalue weighted by Crippen LogP contribution is 2.27. The van der Waals surface area contributed by atoms with Crippen molar-refractivity contribution in [3.05, 3.63) is 231 Å². The number of carboxylic acid groups (broad SMARTS) is 1. The van der Waals surface area contributed by atoms with Gasteiger partial charge >= 0.3 is 23.9 Å². The van der Waals surface area contributed by atoms with Crippen molar-refractivity contribution < 1.29 is 81.4 Å². The van der Waals surface area contributed by atoms with Crippen LogP contribution in [0.3, 0.4) is 0 Å². The van der Waals surface area contributed by atoms with Crippen LogP contribution in [-0.4, -0.2) is 106 Å². The Kier molecular flexibility index (Phi) is 33.0. The van der Waals surface area contributed by atoms with Gasteiger partial charge in [0.1, 0.15) is 17.2 Å². The first-order chi connectivity index (χ1) is 45.9. The average Bonchev–Trinajstić information content (AvgIpc) is 2.01. The maximum Gasteiger partial charge on any atom is 0.338 e. The van der Waals surface area contributed by atoms with Gasteiger partial charge in [-0.25, -0.2) is 19.2 Å². The predicted octanol–water partition coefficient (Wildman–Crippen LogP) is 14.6. The van der Waals surface area contributed by atoms with Crippen molar-refractivity contribution in [3.8, 4) is 28.7 Å². The molecule has 0 aliphatic rings. The average molecular weight is 1360 g/mol. The van der Waals surface area contributed by atoms with E-state index in [0.717, 1.165) is 25.7 Å². The van der Waals surface area contributed by atoms with E-state index in [0.29, 0.717) is 103 Å². The minimum absolute atomic E-state index is 0.100. The largest absolute Gasteiger partial charge is 0.493 e. The van der Waals surface area contributed by atoms with Crippen LogP contribution in [0.1, 0.15) is 87.9 Å². The fraction of sp³-hybridized carbons (Fsp3) is 0.211. The Morgan fingerprint density at radius 3 is 1.07 bits per heavy atom. The van der Waals surface area contributed by atoms with Gasteiger partial charge in [0, 0.05) is 27.8 Å². The van der Waals surface area contributed by atoms with Crippen LogP contribution in [0, 0.1) is 0 Å². The number of esters is 3. The molecule has 21 nitrogen and oxygen atoms in total. The fourth-order valence-corrected chi connectivity index (χ4v) is 8.12. The molecule has 24 heteroatoms. The van der Waals surface area contributed by atoms with Crippen LogP contribution in [0.25, 0.3) is 0 Å². The van der Waals surface area contributed by atoms with Crippen molar-refractivity contribution in [1.29, 1.82) is 0 Å². The number of halogens is 3. The highest BCUT2D eigenvalue weighted by molar-refractivity contribution is 6.32. The molecule has 0 radical (unpaired) electrons. The summed E-state index contributed by atoms with van der Waals surface area (Å²) < 4.78 is 41.9. The van der Waals surface area contributed by atoms with Crippen LogP contribution in [0.5, 0.6) is 28.7 Å². The molecular weight excluding hydrogens is 1290 g/mol. The molecule has 0 saturated heterocycles. The quantitative estimate of drug-likeness (QED) is 0.0173. The molecule has 0 heterocycles. The van der Waals surface area contributed by atoms with E-state index in [4.69, 9.17) is 77.8 Å². The number of hydrogen-bond acceptors (Lipinski definition) is 16. The van der Waals surface area contributed by atoms with Gasteiger partial charge in [-0.05, 0) is 153 Å². The second-order valence-corrected chi connectivity index (χ2v) is 21.0. The number of aromatic carboxylic acids is 1. The monoisotopic (exact) mass is 1360 g/mol. The van der Waals surface area contributed by atoms with Gasteiger partial charge in [-0.15, -0.1) is 0 Å². The Balaban J connectivity index is 0.000000229. The summed E-state index contributed by atoms with van der Waals surface area (Å²) in [6.07, 6.45) is 3.28. The van der Waals surface area contributed by atoms with Crippen LogP contribution >= 0.6 is 34.8 Å². The van der Waals surface area contributed by atoms with Crippen molar-refractivity contribution in [2.75, 3.05) is 74.6 Å². The lowest BCUT2D eigenvalue weighted by Gasteiger charge is -2.10. The van der Waals surface area contributed by atoms with E-state index in [2.05, 4.69) is 21.3 Å². The molecule has 5 N–H and O–H groups in total. The normalized spacial score (nSPS) is 10.1. The van der Waals surface area contributed by atoms with Gasteiger partial charge in [-0.1, -0.05) is 123 Å². The molecule has 0 bridgehead atoms. The molecule has 0 atom stereocenters. The first-order valence-electron chi connectivity index (χ1n) is 29.6. The lowest BCUT2D eigenvalue weighted by Crippen LogP contribution is -2.20. The summed E-state index contributed by atoms with van der Waals surface area (Å²) in [5.74, 6) is -1.31. The van der Waals surface area contributed by atoms with Crippen LogP contribution in [0.2, 0.25) is 15.1 Å². The molecule has 0 unspecified atom stereocenters. The summed E-state index contributed by atoms with van der Waals surface area (Å²) in [4.78, 5) is 94.1. The highest BCUT2D eigenvalue weighted by atomic mass is 35.5. The van der Waals surface area contributed by atoms with E-state index < -0.39 is 29.8 Å². The summed E-state index contributed by atoms with van der Waals surface area (Å²) in [5, 5.41) is 21.0. The Bertz CT molecular complexity index is 3820. The third-order valence-electron chi connectivity index (χ3n) is 12.1. The van der Waals surface area contributed by atoms with Crippen LogP contribution in [0.4, 0.5) is 22.7 Å². The first-order valence-corrected chi connectivity index (χ1v) is 30.7. The number of carbonyl (C=O) groups excluding carboxylic acids is 7. The van der Waals surface area contributed by atoms with Gasteiger partial charge in [-0.3, -0.25) is 19.2 Å². The number of ether oxygens (including phenoxy) is 8. The zero-order valence-corrected chi connectivity index (χ0v) is 54.6. The van der Waals surface area contributed by atoms with E-state index in [-0.39, 0.29) is 49.7 Å². The number of para-hydroxylation sites is 4. The van der Waals surface area contributed by atoms with Crippen molar-refractivity contribution in [2.24, 2.45) is 0 Å². The van der Waals surface area contributed by atoms with Gasteiger partial charge < -0.3 is 64.3 Å². The van der Waals surface area contributed by atoms with E-state index >= 15 is 0 Å². The number of anilines is 4. The lowest BCUT2D eigenvalue weighted by atomic mass is 10.2. The SMILES string of the molecule is CCCCOC(=O)c1cccc(NC(=O)COc2ccccc2Cl)c1.CCCOC(=O)c1cccc(NC(=O)COc2ccc(Cl)cc2)c1.CCCOC(=O)c1cccc(NC(=O)COc2ccccc2Cl)c1.COc1ccccc1OCC(=O)Nc1cccc(C(=O)O)c1. The molecule has 95 heavy (non-hydrogen) atoms. The van der Waals surface area contributed by atoms with Crippen LogP contribution < -0.4 is 45.0 Å². The molecule has 498 valence electrons. The molecule has 0 aromatic heterocycles. The Labute approximate surface area is 564 Å². The summed E-state index contributed by atoms with van der Waals surface area (Å²) in [6, 6.07) is 53.2. The molecule has 0 fully saturated rings. The van der Waals surface area contributed by atoms with E-state index in [9.17, 15) is 38.4 Å².